The van der Waals surface area contributed by atoms with Crippen LogP contribution < -0.4 is 5.32 Å². The molecule has 18 heavy (non-hydrogen) atoms. The summed E-state index contributed by atoms with van der Waals surface area (Å²) in [5.41, 5.74) is 0. The molecule has 0 spiro atoms. The second-order valence-corrected chi connectivity index (χ2v) is 6.50. The van der Waals surface area contributed by atoms with Gasteiger partial charge in [0.05, 0.1) is 0 Å². The Morgan fingerprint density at radius 2 is 1.89 bits per heavy atom. The molecule has 2 nitrogen and oxygen atoms in total. The first kappa shape index (κ1) is 14.3. The fourth-order valence-electron chi connectivity index (χ4n) is 4.16. The van der Waals surface area contributed by atoms with E-state index in [2.05, 4.69) is 31.0 Å². The lowest BCUT2D eigenvalue weighted by Crippen LogP contribution is -2.52. The average Bonchev–Trinajstić information content (AvgIpc) is 2.40. The van der Waals surface area contributed by atoms with Crippen LogP contribution in [0.2, 0.25) is 0 Å². The first-order chi connectivity index (χ1) is 8.72. The Hall–Kier alpha value is -0.0800. The predicted octanol–water partition coefficient (Wildman–Crippen LogP) is 3.42. The Kier molecular flexibility index (Phi) is 5.50. The lowest BCUT2D eigenvalue weighted by Gasteiger charge is -2.45. The van der Waals surface area contributed by atoms with Crippen LogP contribution in [0.25, 0.3) is 0 Å². The SMILES string of the molecule is CCNC1CCN(C(C)C2CCCCC2)C(C)C1. The summed E-state index contributed by atoms with van der Waals surface area (Å²) in [4.78, 5) is 2.80. The first-order valence-electron chi connectivity index (χ1n) is 8.21. The number of nitrogens with one attached hydrogen (secondary N) is 1. The molecule has 1 aliphatic heterocycles. The molecule has 0 aromatic heterocycles. The number of likely N-dealkylation sites (tertiary alicyclic amines) is 1. The van der Waals surface area contributed by atoms with Crippen molar-refractivity contribution in [2.24, 2.45) is 5.92 Å². The molecule has 1 N–H and O–H groups in total. The van der Waals surface area contributed by atoms with Gasteiger partial charge in [-0.05, 0) is 52.0 Å². The summed E-state index contributed by atoms with van der Waals surface area (Å²) in [6.07, 6.45) is 10.0. The normalized spacial score (nSPS) is 33.5. The van der Waals surface area contributed by atoms with Gasteiger partial charge < -0.3 is 5.32 Å². The van der Waals surface area contributed by atoms with E-state index in [0.29, 0.717) is 0 Å². The highest BCUT2D eigenvalue weighted by atomic mass is 15.2. The van der Waals surface area contributed by atoms with Crippen molar-refractivity contribution in [3.8, 4) is 0 Å². The van der Waals surface area contributed by atoms with E-state index < -0.39 is 0 Å². The molecule has 1 saturated heterocycles. The van der Waals surface area contributed by atoms with E-state index in [1.165, 1.54) is 51.5 Å². The zero-order valence-electron chi connectivity index (χ0n) is 12.6. The van der Waals surface area contributed by atoms with Gasteiger partial charge in [-0.1, -0.05) is 26.2 Å². The maximum absolute atomic E-state index is 3.63. The van der Waals surface area contributed by atoms with E-state index in [-0.39, 0.29) is 0 Å². The van der Waals surface area contributed by atoms with Crippen LogP contribution in [-0.2, 0) is 0 Å². The van der Waals surface area contributed by atoms with Crippen LogP contribution in [0, 0.1) is 5.92 Å². The van der Waals surface area contributed by atoms with Gasteiger partial charge in [0.1, 0.15) is 0 Å². The molecule has 1 aliphatic carbocycles. The molecule has 0 aromatic carbocycles. The molecule has 2 aliphatic rings. The summed E-state index contributed by atoms with van der Waals surface area (Å²) in [5, 5.41) is 3.63. The molecule has 2 rings (SSSR count). The zero-order valence-corrected chi connectivity index (χ0v) is 12.6. The predicted molar refractivity (Wildman–Crippen MR) is 78.9 cm³/mol. The highest BCUT2D eigenvalue weighted by Gasteiger charge is 2.32. The first-order valence-corrected chi connectivity index (χ1v) is 8.21. The number of nitrogens with zero attached hydrogens (tertiary/aromatic N) is 1. The monoisotopic (exact) mass is 252 g/mol. The van der Waals surface area contributed by atoms with Gasteiger partial charge in [0, 0.05) is 24.7 Å². The molecule has 1 saturated carbocycles. The fraction of sp³-hybridized carbons (Fsp3) is 1.00. The Morgan fingerprint density at radius 3 is 2.50 bits per heavy atom. The Balaban J connectivity index is 1.85. The maximum atomic E-state index is 3.63. The number of hydrogen-bond acceptors (Lipinski definition) is 2. The summed E-state index contributed by atoms with van der Waals surface area (Å²) < 4.78 is 0. The highest BCUT2D eigenvalue weighted by molar-refractivity contribution is 4.88. The third-order valence-corrected chi connectivity index (χ3v) is 5.28. The average molecular weight is 252 g/mol. The van der Waals surface area contributed by atoms with Crippen molar-refractivity contribution in [2.45, 2.75) is 83.8 Å². The molecule has 3 unspecified atom stereocenters. The molecule has 2 fully saturated rings. The van der Waals surface area contributed by atoms with Crippen LogP contribution in [0.1, 0.15) is 65.7 Å². The molecule has 0 amide bonds. The summed E-state index contributed by atoms with van der Waals surface area (Å²) in [6, 6.07) is 2.34. The lowest BCUT2D eigenvalue weighted by atomic mass is 9.82. The quantitative estimate of drug-likeness (QED) is 0.825. The Labute approximate surface area is 114 Å². The van der Waals surface area contributed by atoms with E-state index in [9.17, 15) is 0 Å². The van der Waals surface area contributed by atoms with Gasteiger partial charge in [0.15, 0.2) is 0 Å². The Bertz CT molecular complexity index is 235. The molecule has 2 heteroatoms. The molecule has 1 heterocycles. The summed E-state index contributed by atoms with van der Waals surface area (Å²) in [5.74, 6) is 0.969. The van der Waals surface area contributed by atoms with Crippen LogP contribution in [0.4, 0.5) is 0 Å². The van der Waals surface area contributed by atoms with Crippen LogP contribution >= 0.6 is 0 Å². The van der Waals surface area contributed by atoms with Gasteiger partial charge in [-0.3, -0.25) is 4.90 Å². The topological polar surface area (TPSA) is 15.3 Å². The van der Waals surface area contributed by atoms with Gasteiger partial charge in [-0.25, -0.2) is 0 Å². The van der Waals surface area contributed by atoms with E-state index in [0.717, 1.165) is 30.6 Å². The van der Waals surface area contributed by atoms with Crippen LogP contribution in [0.5, 0.6) is 0 Å². The maximum Gasteiger partial charge on any atom is 0.00980 e. The van der Waals surface area contributed by atoms with Gasteiger partial charge in [0.25, 0.3) is 0 Å². The molecular weight excluding hydrogens is 220 g/mol. The molecular formula is C16H32N2. The number of piperidine rings is 1. The number of hydrogen-bond donors (Lipinski definition) is 1. The van der Waals surface area contributed by atoms with E-state index >= 15 is 0 Å². The third kappa shape index (κ3) is 3.48. The van der Waals surface area contributed by atoms with E-state index in [4.69, 9.17) is 0 Å². The molecule has 3 atom stereocenters. The van der Waals surface area contributed by atoms with Gasteiger partial charge in [-0.2, -0.15) is 0 Å². The summed E-state index contributed by atoms with van der Waals surface area (Å²) >= 11 is 0. The van der Waals surface area contributed by atoms with Gasteiger partial charge in [0.2, 0.25) is 0 Å². The second kappa shape index (κ2) is 6.91. The smallest absolute Gasteiger partial charge is 0.00980 e. The fourth-order valence-corrected chi connectivity index (χ4v) is 4.16. The second-order valence-electron chi connectivity index (χ2n) is 6.50. The molecule has 106 valence electrons. The van der Waals surface area contributed by atoms with Crippen molar-refractivity contribution < 1.29 is 0 Å². The third-order valence-electron chi connectivity index (χ3n) is 5.28. The van der Waals surface area contributed by atoms with Crippen molar-refractivity contribution in [1.82, 2.24) is 10.2 Å². The summed E-state index contributed by atoms with van der Waals surface area (Å²) in [6.45, 7) is 9.57. The minimum atomic E-state index is 0.764. The minimum absolute atomic E-state index is 0.764. The molecule has 0 aromatic rings. The van der Waals surface area contributed by atoms with Crippen molar-refractivity contribution in [3.05, 3.63) is 0 Å². The van der Waals surface area contributed by atoms with E-state index in [1.807, 2.05) is 0 Å². The van der Waals surface area contributed by atoms with Crippen molar-refractivity contribution in [3.63, 3.8) is 0 Å². The lowest BCUT2D eigenvalue weighted by molar-refractivity contribution is 0.0547. The zero-order chi connectivity index (χ0) is 13.0. The molecule has 0 bridgehead atoms. The Morgan fingerprint density at radius 1 is 1.17 bits per heavy atom. The van der Waals surface area contributed by atoms with Crippen molar-refractivity contribution in [2.75, 3.05) is 13.1 Å². The van der Waals surface area contributed by atoms with Gasteiger partial charge >= 0.3 is 0 Å². The number of rotatable bonds is 4. The van der Waals surface area contributed by atoms with Crippen LogP contribution in [0.3, 0.4) is 0 Å². The minimum Gasteiger partial charge on any atom is -0.314 e. The van der Waals surface area contributed by atoms with Crippen LogP contribution in [-0.4, -0.2) is 36.1 Å². The van der Waals surface area contributed by atoms with Crippen molar-refractivity contribution in [1.29, 1.82) is 0 Å². The highest BCUT2D eigenvalue weighted by Crippen LogP contribution is 2.31. The standard InChI is InChI=1S/C16H32N2/c1-4-17-16-10-11-18(13(2)12-16)14(3)15-8-6-5-7-9-15/h13-17H,4-12H2,1-3H3. The molecule has 0 radical (unpaired) electrons. The van der Waals surface area contributed by atoms with Gasteiger partial charge in [-0.15, -0.1) is 0 Å². The van der Waals surface area contributed by atoms with Crippen LogP contribution in [0.15, 0.2) is 0 Å². The van der Waals surface area contributed by atoms with E-state index in [1.54, 1.807) is 0 Å². The largest absolute Gasteiger partial charge is 0.314 e. The summed E-state index contributed by atoms with van der Waals surface area (Å²) in [7, 11) is 0. The van der Waals surface area contributed by atoms with Crippen molar-refractivity contribution >= 4 is 0 Å².